The molecule has 0 fully saturated rings. The molecule has 0 bridgehead atoms. The largest absolute Gasteiger partial charge is 0.298 e. The molecule has 0 N–H and O–H groups in total. The van der Waals surface area contributed by atoms with Crippen molar-refractivity contribution in [2.24, 2.45) is 0 Å². The summed E-state index contributed by atoms with van der Waals surface area (Å²) in [6.45, 7) is 13.0. The molecule has 0 aliphatic carbocycles. The Kier molecular flexibility index (Phi) is 5.65. The van der Waals surface area contributed by atoms with Gasteiger partial charge in [-0.15, -0.1) is 0 Å². The Morgan fingerprint density at radius 3 is 1.65 bits per heavy atom. The molecule has 26 heavy (non-hydrogen) atoms. The van der Waals surface area contributed by atoms with E-state index >= 15 is 0 Å². The number of ketones is 1. The van der Waals surface area contributed by atoms with Crippen LogP contribution in [0.25, 0.3) is 6.08 Å². The second kappa shape index (κ2) is 7.41. The van der Waals surface area contributed by atoms with Crippen LogP contribution in [-0.4, -0.2) is 12.1 Å². The molecule has 0 radical (unpaired) electrons. The van der Waals surface area contributed by atoms with Crippen molar-refractivity contribution in [1.82, 2.24) is 0 Å². The third-order valence-electron chi connectivity index (χ3n) is 4.45. The number of hydrogen-bond acceptors (Lipinski definition) is 2. The van der Waals surface area contributed by atoms with Crippen molar-refractivity contribution in [3.8, 4) is 0 Å². The Hall–Kier alpha value is -2.48. The fraction of sp³-hybridized carbons (Fsp3) is 0.333. The normalized spacial score (nSPS) is 12.4. The van der Waals surface area contributed by atoms with Gasteiger partial charge in [-0.1, -0.05) is 78.0 Å². The van der Waals surface area contributed by atoms with Crippen molar-refractivity contribution in [2.75, 3.05) is 0 Å². The van der Waals surface area contributed by atoms with E-state index in [4.69, 9.17) is 0 Å². The first-order valence-electron chi connectivity index (χ1n) is 8.94. The van der Waals surface area contributed by atoms with Gasteiger partial charge in [0, 0.05) is 11.1 Å². The summed E-state index contributed by atoms with van der Waals surface area (Å²) in [5.74, 6) is -0.0129. The molecular weight excluding hydrogens is 320 g/mol. The maximum atomic E-state index is 12.8. The molecule has 0 unspecified atom stereocenters. The van der Waals surface area contributed by atoms with Gasteiger partial charge in [0.25, 0.3) is 0 Å². The van der Waals surface area contributed by atoms with Gasteiger partial charge < -0.3 is 0 Å². The number of hydrogen-bond donors (Lipinski definition) is 0. The number of benzene rings is 2. The van der Waals surface area contributed by atoms with E-state index in [9.17, 15) is 9.59 Å². The fourth-order valence-corrected chi connectivity index (χ4v) is 2.59. The topological polar surface area (TPSA) is 34.1 Å². The van der Waals surface area contributed by atoms with Gasteiger partial charge in [0.05, 0.1) is 0 Å². The molecular formula is C24H28O2. The molecule has 0 saturated heterocycles. The lowest BCUT2D eigenvalue weighted by molar-refractivity contribution is 0.104. The predicted molar refractivity (Wildman–Crippen MR) is 109 cm³/mol. The van der Waals surface area contributed by atoms with Crippen molar-refractivity contribution in [3.05, 3.63) is 76.4 Å². The lowest BCUT2D eigenvalue weighted by Crippen LogP contribution is -2.17. The van der Waals surface area contributed by atoms with Crippen LogP contribution in [0.3, 0.4) is 0 Å². The molecule has 2 nitrogen and oxygen atoms in total. The Balaban J connectivity index is 2.37. The van der Waals surface area contributed by atoms with E-state index in [2.05, 4.69) is 47.6 Å². The van der Waals surface area contributed by atoms with Gasteiger partial charge in [-0.25, -0.2) is 0 Å². The van der Waals surface area contributed by atoms with Gasteiger partial charge in [-0.2, -0.15) is 0 Å². The van der Waals surface area contributed by atoms with Gasteiger partial charge in [0.15, 0.2) is 5.78 Å². The Morgan fingerprint density at radius 2 is 1.23 bits per heavy atom. The number of aldehydes is 1. The molecule has 0 aliphatic rings. The highest BCUT2D eigenvalue weighted by Crippen LogP contribution is 2.30. The Bertz CT molecular complexity index is 794. The van der Waals surface area contributed by atoms with E-state index in [0.717, 1.165) is 23.0 Å². The van der Waals surface area contributed by atoms with Crippen molar-refractivity contribution in [3.63, 3.8) is 0 Å². The van der Waals surface area contributed by atoms with Crippen LogP contribution >= 0.6 is 0 Å². The van der Waals surface area contributed by atoms with Crippen molar-refractivity contribution < 1.29 is 9.59 Å². The molecule has 2 heteroatoms. The molecule has 2 aromatic rings. The lowest BCUT2D eigenvalue weighted by Gasteiger charge is -2.25. The average Bonchev–Trinajstić information content (AvgIpc) is 2.58. The first-order valence-corrected chi connectivity index (χ1v) is 8.94. The van der Waals surface area contributed by atoms with Crippen LogP contribution in [0, 0.1) is 0 Å². The van der Waals surface area contributed by atoms with E-state index in [0.29, 0.717) is 11.1 Å². The van der Waals surface area contributed by atoms with Crippen LogP contribution in [0.1, 0.15) is 78.9 Å². The molecule has 0 heterocycles. The number of allylic oxidation sites excluding steroid dienone is 1. The van der Waals surface area contributed by atoms with Crippen LogP contribution in [0.5, 0.6) is 0 Å². The van der Waals surface area contributed by atoms with E-state index in [-0.39, 0.29) is 16.6 Å². The van der Waals surface area contributed by atoms with Crippen molar-refractivity contribution in [2.45, 2.75) is 52.4 Å². The first kappa shape index (κ1) is 19.8. The monoisotopic (exact) mass is 348 g/mol. The molecule has 2 aromatic carbocycles. The van der Waals surface area contributed by atoms with Gasteiger partial charge in [0.1, 0.15) is 6.29 Å². The fourth-order valence-electron chi connectivity index (χ4n) is 2.59. The second-order valence-electron chi connectivity index (χ2n) is 8.78. The van der Waals surface area contributed by atoms with Gasteiger partial charge >= 0.3 is 0 Å². The summed E-state index contributed by atoms with van der Waals surface area (Å²) in [6, 6.07) is 13.4. The third-order valence-corrected chi connectivity index (χ3v) is 4.45. The number of rotatable bonds is 4. The van der Waals surface area contributed by atoms with E-state index in [1.165, 1.54) is 0 Å². The Morgan fingerprint density at radius 1 is 0.769 bits per heavy atom. The molecule has 0 atom stereocenters. The van der Waals surface area contributed by atoms with E-state index in [1.54, 1.807) is 24.3 Å². The number of carbonyl (C=O) groups excluding carboxylic acids is 2. The van der Waals surface area contributed by atoms with Gasteiger partial charge in [0.2, 0.25) is 0 Å². The predicted octanol–water partition coefficient (Wildman–Crippen LogP) is 5.99. The highest BCUT2D eigenvalue weighted by atomic mass is 16.1. The van der Waals surface area contributed by atoms with Gasteiger partial charge in [-0.05, 0) is 45.7 Å². The Labute approximate surface area is 157 Å². The maximum absolute atomic E-state index is 12.8. The van der Waals surface area contributed by atoms with E-state index < -0.39 is 0 Å². The van der Waals surface area contributed by atoms with Crippen LogP contribution in [0.15, 0.2) is 48.5 Å². The summed E-state index contributed by atoms with van der Waals surface area (Å²) in [6.07, 6.45) is 4.20. The lowest BCUT2D eigenvalue weighted by atomic mass is 9.79. The standard InChI is InChI=1S/C24H28O2/c1-23(2,3)20-13-19(14-21(15-20)24(4,5)6)22(26)12-11-17-7-9-18(16-25)10-8-17/h7-16H,1-6H3/b12-11+. The molecule has 136 valence electrons. The molecule has 0 saturated carbocycles. The highest BCUT2D eigenvalue weighted by Gasteiger charge is 2.21. The van der Waals surface area contributed by atoms with Crippen molar-refractivity contribution >= 4 is 18.1 Å². The zero-order chi connectivity index (χ0) is 19.5. The van der Waals surface area contributed by atoms with Crippen LogP contribution < -0.4 is 0 Å². The summed E-state index contributed by atoms with van der Waals surface area (Å²) >= 11 is 0. The highest BCUT2D eigenvalue weighted by molar-refractivity contribution is 6.07. The maximum Gasteiger partial charge on any atom is 0.185 e. The molecule has 0 amide bonds. The molecule has 2 rings (SSSR count). The molecule has 0 spiro atoms. The summed E-state index contributed by atoms with van der Waals surface area (Å²) in [7, 11) is 0. The summed E-state index contributed by atoms with van der Waals surface area (Å²) in [5.41, 5.74) is 4.51. The smallest absolute Gasteiger partial charge is 0.185 e. The minimum absolute atomic E-state index is 0.0129. The first-order chi connectivity index (χ1) is 12.0. The van der Waals surface area contributed by atoms with E-state index in [1.807, 2.05) is 24.3 Å². The van der Waals surface area contributed by atoms with Crippen LogP contribution in [0.2, 0.25) is 0 Å². The average molecular weight is 348 g/mol. The minimum Gasteiger partial charge on any atom is -0.298 e. The summed E-state index contributed by atoms with van der Waals surface area (Å²) < 4.78 is 0. The van der Waals surface area contributed by atoms with Gasteiger partial charge in [-0.3, -0.25) is 9.59 Å². The minimum atomic E-state index is -0.0231. The van der Waals surface area contributed by atoms with Crippen molar-refractivity contribution in [1.29, 1.82) is 0 Å². The molecule has 0 aliphatic heterocycles. The third kappa shape index (κ3) is 5.01. The molecule has 0 aromatic heterocycles. The quantitative estimate of drug-likeness (QED) is 0.386. The SMILES string of the molecule is CC(C)(C)c1cc(C(=O)/C=C/c2ccc(C=O)cc2)cc(C(C)(C)C)c1. The number of carbonyl (C=O) groups is 2. The summed E-state index contributed by atoms with van der Waals surface area (Å²) in [4.78, 5) is 23.5. The zero-order valence-electron chi connectivity index (χ0n) is 16.6. The second-order valence-corrected chi connectivity index (χ2v) is 8.78. The summed E-state index contributed by atoms with van der Waals surface area (Å²) in [5, 5.41) is 0. The van der Waals surface area contributed by atoms with Crippen LogP contribution in [0.4, 0.5) is 0 Å². The zero-order valence-corrected chi connectivity index (χ0v) is 16.6. The van der Waals surface area contributed by atoms with Crippen LogP contribution in [-0.2, 0) is 10.8 Å².